The highest BCUT2D eigenvalue weighted by Crippen LogP contribution is 2.24. The molecule has 6 heteroatoms. The molecule has 3 N–H and O–H groups in total. The number of aldehydes is 1. The third kappa shape index (κ3) is 1.69. The molecule has 0 unspecified atom stereocenters. The Labute approximate surface area is 119 Å². The number of fused-ring (bicyclic) bond motifs is 2. The van der Waals surface area contributed by atoms with Crippen molar-refractivity contribution in [2.24, 2.45) is 0 Å². The fourth-order valence-electron chi connectivity index (χ4n) is 2.47. The summed E-state index contributed by atoms with van der Waals surface area (Å²) in [5.41, 5.74) is 9.50. The molecule has 0 bridgehead atoms. The Morgan fingerprint density at radius 3 is 3.00 bits per heavy atom. The minimum Gasteiger partial charge on any atom is -0.382 e. The van der Waals surface area contributed by atoms with Crippen LogP contribution in [0.15, 0.2) is 42.9 Å². The van der Waals surface area contributed by atoms with E-state index in [4.69, 9.17) is 5.73 Å². The molecule has 0 saturated carbocycles. The van der Waals surface area contributed by atoms with E-state index in [0.29, 0.717) is 17.6 Å². The van der Waals surface area contributed by atoms with Crippen molar-refractivity contribution in [1.29, 1.82) is 0 Å². The maximum Gasteiger partial charge on any atom is 0.170 e. The first kappa shape index (κ1) is 11.7. The van der Waals surface area contributed by atoms with Crippen molar-refractivity contribution in [2.45, 2.75) is 0 Å². The largest absolute Gasteiger partial charge is 0.382 e. The smallest absolute Gasteiger partial charge is 0.170 e. The summed E-state index contributed by atoms with van der Waals surface area (Å²) in [7, 11) is 0. The number of nitrogen functional groups attached to an aromatic ring is 1. The number of carbonyl (C=O) groups is 1. The predicted octanol–water partition coefficient (Wildman–Crippen LogP) is 2.27. The van der Waals surface area contributed by atoms with Gasteiger partial charge in [-0.05, 0) is 24.3 Å². The molecule has 4 rings (SSSR count). The second-order valence-corrected chi connectivity index (χ2v) is 4.79. The molecule has 0 aromatic carbocycles. The molecule has 0 saturated heterocycles. The monoisotopic (exact) mass is 277 g/mol. The van der Waals surface area contributed by atoms with Gasteiger partial charge in [-0.2, -0.15) is 0 Å². The fourth-order valence-corrected chi connectivity index (χ4v) is 2.47. The van der Waals surface area contributed by atoms with Crippen LogP contribution < -0.4 is 5.73 Å². The summed E-state index contributed by atoms with van der Waals surface area (Å²) in [6.45, 7) is 0. The van der Waals surface area contributed by atoms with Crippen LogP contribution in [0, 0.1) is 0 Å². The number of imidazole rings is 1. The molecule has 0 amide bonds. The van der Waals surface area contributed by atoms with E-state index >= 15 is 0 Å². The van der Waals surface area contributed by atoms with Gasteiger partial charge in [-0.1, -0.05) is 0 Å². The number of aromatic nitrogens is 4. The number of carbonyl (C=O) groups excluding carboxylic acids is 1. The third-order valence-electron chi connectivity index (χ3n) is 3.53. The zero-order valence-corrected chi connectivity index (χ0v) is 10.9. The van der Waals surface area contributed by atoms with Crippen LogP contribution >= 0.6 is 0 Å². The lowest BCUT2D eigenvalue weighted by Crippen LogP contribution is -1.95. The number of hydrogen-bond acceptors (Lipinski definition) is 4. The summed E-state index contributed by atoms with van der Waals surface area (Å²) in [5.74, 6) is 0.237. The van der Waals surface area contributed by atoms with Crippen LogP contribution in [0.1, 0.15) is 10.5 Å². The number of H-pyrrole nitrogens is 1. The fraction of sp³-hybridized carbons (Fsp3) is 0. The van der Waals surface area contributed by atoms with Crippen LogP contribution in [0.2, 0.25) is 0 Å². The van der Waals surface area contributed by atoms with E-state index in [-0.39, 0.29) is 5.82 Å². The minimum absolute atomic E-state index is 0.237. The molecule has 102 valence electrons. The molecule has 0 aliphatic rings. The molecule has 6 nitrogen and oxygen atoms in total. The van der Waals surface area contributed by atoms with Gasteiger partial charge in [0.1, 0.15) is 17.0 Å². The number of rotatable bonds is 2. The summed E-state index contributed by atoms with van der Waals surface area (Å²) >= 11 is 0. The molecule has 0 radical (unpaired) electrons. The number of nitrogens with zero attached hydrogens (tertiary/aromatic N) is 3. The van der Waals surface area contributed by atoms with E-state index in [2.05, 4.69) is 15.0 Å². The number of hydrogen-bond donors (Lipinski definition) is 2. The predicted molar refractivity (Wildman–Crippen MR) is 80.1 cm³/mol. The minimum atomic E-state index is 0.237. The molecule has 0 atom stereocenters. The molecule has 4 heterocycles. The highest BCUT2D eigenvalue weighted by atomic mass is 16.1. The Hall–Kier alpha value is -3.15. The number of nitrogens with two attached hydrogens (primary N) is 1. The molecule has 4 aromatic heterocycles. The first-order chi connectivity index (χ1) is 10.3. The number of aromatic amines is 1. The quantitative estimate of drug-likeness (QED) is 0.550. The van der Waals surface area contributed by atoms with E-state index in [1.807, 2.05) is 36.7 Å². The van der Waals surface area contributed by atoms with E-state index in [1.165, 1.54) is 0 Å². The molecule has 0 aliphatic carbocycles. The Morgan fingerprint density at radius 1 is 1.24 bits per heavy atom. The van der Waals surface area contributed by atoms with Gasteiger partial charge in [-0.25, -0.2) is 9.97 Å². The first-order valence-electron chi connectivity index (χ1n) is 6.42. The molecule has 4 aromatic rings. The summed E-state index contributed by atoms with van der Waals surface area (Å²) in [6.07, 6.45) is 6.21. The molecule has 21 heavy (non-hydrogen) atoms. The van der Waals surface area contributed by atoms with E-state index in [1.54, 1.807) is 10.6 Å². The van der Waals surface area contributed by atoms with Crippen molar-refractivity contribution in [3.63, 3.8) is 0 Å². The Kier molecular flexibility index (Phi) is 2.32. The topological polar surface area (TPSA) is 89.1 Å². The lowest BCUT2D eigenvalue weighted by Gasteiger charge is -2.03. The average Bonchev–Trinajstić information content (AvgIpc) is 3.08. The van der Waals surface area contributed by atoms with Gasteiger partial charge in [-0.3, -0.25) is 9.20 Å². The Balaban J connectivity index is 1.94. The highest BCUT2D eigenvalue weighted by Gasteiger charge is 2.10. The summed E-state index contributed by atoms with van der Waals surface area (Å²) < 4.78 is 1.69. The summed E-state index contributed by atoms with van der Waals surface area (Å²) in [4.78, 5) is 22.7. The normalized spacial score (nSPS) is 11.2. The molecular weight excluding hydrogens is 266 g/mol. The van der Waals surface area contributed by atoms with Crippen molar-refractivity contribution >= 4 is 28.8 Å². The van der Waals surface area contributed by atoms with Crippen LogP contribution in [0.3, 0.4) is 0 Å². The molecule has 0 aliphatic heterocycles. The van der Waals surface area contributed by atoms with Crippen molar-refractivity contribution in [1.82, 2.24) is 19.4 Å². The van der Waals surface area contributed by atoms with Gasteiger partial charge < -0.3 is 10.7 Å². The Morgan fingerprint density at radius 2 is 2.14 bits per heavy atom. The number of anilines is 1. The zero-order chi connectivity index (χ0) is 14.4. The van der Waals surface area contributed by atoms with Crippen LogP contribution in [-0.2, 0) is 0 Å². The van der Waals surface area contributed by atoms with E-state index in [0.717, 1.165) is 22.2 Å². The second kappa shape index (κ2) is 4.17. The number of nitrogens with one attached hydrogen (secondary N) is 1. The number of pyridine rings is 2. The lowest BCUT2D eigenvalue weighted by atomic mass is 10.1. The van der Waals surface area contributed by atoms with Gasteiger partial charge in [0.05, 0.1) is 0 Å². The van der Waals surface area contributed by atoms with Gasteiger partial charge in [-0.15, -0.1) is 0 Å². The molecule has 0 fully saturated rings. The van der Waals surface area contributed by atoms with Crippen molar-refractivity contribution in [3.8, 4) is 11.1 Å². The first-order valence-corrected chi connectivity index (χ1v) is 6.42. The van der Waals surface area contributed by atoms with Gasteiger partial charge in [0.25, 0.3) is 0 Å². The zero-order valence-electron chi connectivity index (χ0n) is 10.9. The lowest BCUT2D eigenvalue weighted by molar-refractivity contribution is 0.111. The second-order valence-electron chi connectivity index (χ2n) is 4.79. The van der Waals surface area contributed by atoms with Gasteiger partial charge in [0.15, 0.2) is 12.1 Å². The van der Waals surface area contributed by atoms with Crippen molar-refractivity contribution in [3.05, 3.63) is 48.5 Å². The molecular formula is C15H11N5O. The van der Waals surface area contributed by atoms with E-state index < -0.39 is 0 Å². The van der Waals surface area contributed by atoms with Gasteiger partial charge >= 0.3 is 0 Å². The van der Waals surface area contributed by atoms with Crippen molar-refractivity contribution in [2.75, 3.05) is 5.73 Å². The third-order valence-corrected chi connectivity index (χ3v) is 3.53. The Bertz CT molecular complexity index is 982. The van der Waals surface area contributed by atoms with Crippen LogP contribution in [0.25, 0.3) is 27.8 Å². The average molecular weight is 277 g/mol. The van der Waals surface area contributed by atoms with Crippen molar-refractivity contribution < 1.29 is 4.79 Å². The maximum absolute atomic E-state index is 11.1. The highest BCUT2D eigenvalue weighted by molar-refractivity contribution is 5.84. The standard InChI is InChI=1S/C15H11N5O/c16-14-12(8-21)20-7-10(1-2-13(20)19-14)11-5-9-3-4-17-15(9)18-6-11/h1-8H,16H2,(H,17,18). The van der Waals surface area contributed by atoms with Crippen LogP contribution in [0.4, 0.5) is 5.82 Å². The van der Waals surface area contributed by atoms with E-state index in [9.17, 15) is 4.79 Å². The molecule has 0 spiro atoms. The SMILES string of the molecule is Nc1nc2ccc(-c3cnc4[nH]ccc4c3)cn2c1C=O. The summed E-state index contributed by atoms with van der Waals surface area (Å²) in [5, 5.41) is 1.04. The van der Waals surface area contributed by atoms with Gasteiger partial charge in [0, 0.05) is 35.1 Å². The van der Waals surface area contributed by atoms with Gasteiger partial charge in [0.2, 0.25) is 0 Å². The summed E-state index contributed by atoms with van der Waals surface area (Å²) in [6, 6.07) is 7.78. The van der Waals surface area contributed by atoms with Crippen LogP contribution in [0.5, 0.6) is 0 Å². The maximum atomic E-state index is 11.1. The van der Waals surface area contributed by atoms with Crippen LogP contribution in [-0.4, -0.2) is 25.6 Å².